The molecule has 0 bridgehead atoms. The molecule has 2 aromatic carbocycles. The maximum atomic E-state index is 4.58. The van der Waals surface area contributed by atoms with Crippen molar-refractivity contribution in [1.82, 2.24) is 4.98 Å². The smallest absolute Gasteiger partial charge is 0.0780 e. The Morgan fingerprint density at radius 1 is 0.789 bits per heavy atom. The number of rotatable bonds is 2. The van der Waals surface area contributed by atoms with E-state index in [4.69, 9.17) is 0 Å². The number of fused-ring (bicyclic) bond motifs is 1. The van der Waals surface area contributed by atoms with Crippen molar-refractivity contribution in [2.24, 2.45) is 0 Å². The van der Waals surface area contributed by atoms with Gasteiger partial charge in [-0.15, -0.1) is 0 Å². The Bertz CT molecular complexity index is 699. The van der Waals surface area contributed by atoms with Gasteiger partial charge in [0.05, 0.1) is 5.69 Å². The summed E-state index contributed by atoms with van der Waals surface area (Å²) >= 11 is 0. The van der Waals surface area contributed by atoms with Crippen LogP contribution in [-0.2, 0) is 0 Å². The molecule has 0 radical (unpaired) electrons. The number of nitrogens with zero attached hydrogens (tertiary/aromatic N) is 1. The molecule has 3 aromatic rings. The number of benzene rings is 2. The van der Waals surface area contributed by atoms with Gasteiger partial charge in [-0.25, -0.2) is 0 Å². The lowest BCUT2D eigenvalue weighted by atomic mass is 9.94. The molecular formula is C18H17N. The van der Waals surface area contributed by atoms with Gasteiger partial charge in [0.25, 0.3) is 0 Å². The minimum atomic E-state index is 0.523. The predicted octanol–water partition coefficient (Wildman–Crippen LogP) is 5.03. The molecule has 1 heteroatoms. The zero-order valence-corrected chi connectivity index (χ0v) is 11.3. The molecule has 1 aromatic heterocycles. The van der Waals surface area contributed by atoms with Crippen LogP contribution in [0.15, 0.2) is 60.8 Å². The second-order valence-electron chi connectivity index (χ2n) is 5.12. The Labute approximate surface area is 113 Å². The topological polar surface area (TPSA) is 12.9 Å². The molecule has 19 heavy (non-hydrogen) atoms. The van der Waals surface area contributed by atoms with Crippen LogP contribution in [-0.4, -0.2) is 4.98 Å². The van der Waals surface area contributed by atoms with E-state index >= 15 is 0 Å². The van der Waals surface area contributed by atoms with Gasteiger partial charge in [0.15, 0.2) is 0 Å². The van der Waals surface area contributed by atoms with Crippen LogP contribution in [0, 0.1) is 0 Å². The normalized spacial score (nSPS) is 11.1. The molecule has 94 valence electrons. The van der Waals surface area contributed by atoms with Gasteiger partial charge in [-0.2, -0.15) is 0 Å². The van der Waals surface area contributed by atoms with Crippen LogP contribution in [0.3, 0.4) is 0 Å². The lowest BCUT2D eigenvalue weighted by Crippen LogP contribution is -1.92. The molecule has 0 aliphatic heterocycles. The molecule has 0 amide bonds. The highest BCUT2D eigenvalue weighted by atomic mass is 14.7. The third-order valence-corrected chi connectivity index (χ3v) is 3.51. The second kappa shape index (κ2) is 4.85. The molecular weight excluding hydrogens is 230 g/mol. The van der Waals surface area contributed by atoms with E-state index in [-0.39, 0.29) is 0 Å². The van der Waals surface area contributed by atoms with Gasteiger partial charge in [0.2, 0.25) is 0 Å². The minimum Gasteiger partial charge on any atom is -0.256 e. The first kappa shape index (κ1) is 11.9. The van der Waals surface area contributed by atoms with E-state index in [1.165, 1.54) is 21.9 Å². The van der Waals surface area contributed by atoms with Crippen molar-refractivity contribution in [3.63, 3.8) is 0 Å². The number of hydrogen-bond acceptors (Lipinski definition) is 1. The molecule has 1 heterocycles. The summed E-state index contributed by atoms with van der Waals surface area (Å²) in [7, 11) is 0. The zero-order valence-electron chi connectivity index (χ0n) is 11.3. The predicted molar refractivity (Wildman–Crippen MR) is 81.3 cm³/mol. The highest BCUT2D eigenvalue weighted by Crippen LogP contribution is 2.31. The Hall–Kier alpha value is -2.15. The first-order valence-electron chi connectivity index (χ1n) is 6.70. The number of pyridine rings is 1. The van der Waals surface area contributed by atoms with Crippen molar-refractivity contribution >= 4 is 10.8 Å². The van der Waals surface area contributed by atoms with Crippen molar-refractivity contribution in [3.8, 4) is 11.3 Å². The summed E-state index contributed by atoms with van der Waals surface area (Å²) in [4.78, 5) is 4.58. The van der Waals surface area contributed by atoms with Crippen molar-refractivity contribution in [3.05, 3.63) is 66.4 Å². The first-order valence-corrected chi connectivity index (χ1v) is 6.70. The van der Waals surface area contributed by atoms with Gasteiger partial charge in [0, 0.05) is 17.1 Å². The van der Waals surface area contributed by atoms with E-state index in [9.17, 15) is 0 Å². The number of aromatic nitrogens is 1. The lowest BCUT2D eigenvalue weighted by molar-refractivity contribution is 0.876. The average Bonchev–Trinajstić information content (AvgIpc) is 2.46. The average molecular weight is 247 g/mol. The molecule has 0 saturated heterocycles. The molecule has 0 aliphatic rings. The van der Waals surface area contributed by atoms with Crippen molar-refractivity contribution in [1.29, 1.82) is 0 Å². The molecule has 0 N–H and O–H groups in total. The quantitative estimate of drug-likeness (QED) is 0.619. The van der Waals surface area contributed by atoms with Crippen LogP contribution in [0.4, 0.5) is 0 Å². The van der Waals surface area contributed by atoms with Gasteiger partial charge < -0.3 is 0 Å². The van der Waals surface area contributed by atoms with Gasteiger partial charge in [-0.1, -0.05) is 62.4 Å². The van der Waals surface area contributed by atoms with Crippen molar-refractivity contribution in [2.45, 2.75) is 19.8 Å². The van der Waals surface area contributed by atoms with Crippen LogP contribution < -0.4 is 0 Å². The van der Waals surface area contributed by atoms with Crippen LogP contribution in [0.2, 0.25) is 0 Å². The first-order chi connectivity index (χ1) is 9.27. The summed E-state index contributed by atoms with van der Waals surface area (Å²) in [6.07, 6.45) is 1.91. The highest BCUT2D eigenvalue weighted by Gasteiger charge is 2.09. The van der Waals surface area contributed by atoms with E-state index in [0.29, 0.717) is 5.92 Å². The summed E-state index contributed by atoms with van der Waals surface area (Å²) in [6, 6.07) is 19.0. The molecule has 0 spiro atoms. The van der Waals surface area contributed by atoms with Crippen molar-refractivity contribution < 1.29 is 0 Å². The lowest BCUT2D eigenvalue weighted by Gasteiger charge is -2.12. The van der Waals surface area contributed by atoms with Crippen LogP contribution in [0.5, 0.6) is 0 Å². The largest absolute Gasteiger partial charge is 0.256 e. The molecule has 0 fully saturated rings. The molecule has 0 atom stereocenters. The fraction of sp³-hybridized carbons (Fsp3) is 0.167. The SMILES string of the molecule is CC(C)c1cccc2c(-c3ccccc3)nccc12. The Morgan fingerprint density at radius 3 is 2.32 bits per heavy atom. The van der Waals surface area contributed by atoms with E-state index < -0.39 is 0 Å². The summed E-state index contributed by atoms with van der Waals surface area (Å²) in [5.74, 6) is 0.523. The minimum absolute atomic E-state index is 0.523. The second-order valence-corrected chi connectivity index (χ2v) is 5.12. The highest BCUT2D eigenvalue weighted by molar-refractivity contribution is 5.96. The monoisotopic (exact) mass is 247 g/mol. The van der Waals surface area contributed by atoms with Gasteiger partial charge >= 0.3 is 0 Å². The van der Waals surface area contributed by atoms with Crippen LogP contribution in [0.1, 0.15) is 25.3 Å². The molecule has 0 saturated carbocycles. The maximum absolute atomic E-state index is 4.58. The van der Waals surface area contributed by atoms with Gasteiger partial charge in [-0.05, 0) is 22.9 Å². The van der Waals surface area contributed by atoms with Crippen LogP contribution in [0.25, 0.3) is 22.0 Å². The molecule has 0 aliphatic carbocycles. The van der Waals surface area contributed by atoms with E-state index in [2.05, 4.69) is 67.4 Å². The molecule has 3 rings (SSSR count). The third-order valence-electron chi connectivity index (χ3n) is 3.51. The maximum Gasteiger partial charge on any atom is 0.0780 e. The summed E-state index contributed by atoms with van der Waals surface area (Å²) in [5.41, 5.74) is 3.63. The third kappa shape index (κ3) is 2.12. The Morgan fingerprint density at radius 2 is 1.58 bits per heavy atom. The summed E-state index contributed by atoms with van der Waals surface area (Å²) in [6.45, 7) is 4.47. The van der Waals surface area contributed by atoms with Gasteiger partial charge in [-0.3, -0.25) is 4.98 Å². The van der Waals surface area contributed by atoms with E-state index in [1.807, 2.05) is 12.3 Å². The summed E-state index contributed by atoms with van der Waals surface area (Å²) in [5, 5.41) is 2.55. The fourth-order valence-electron chi connectivity index (χ4n) is 2.56. The Kier molecular flexibility index (Phi) is 3.04. The standard InChI is InChI=1S/C18H17N/c1-13(2)15-9-6-10-17-16(15)11-12-19-18(17)14-7-4-3-5-8-14/h3-13H,1-2H3. The fourth-order valence-corrected chi connectivity index (χ4v) is 2.56. The molecule has 1 nitrogen and oxygen atoms in total. The van der Waals surface area contributed by atoms with Crippen molar-refractivity contribution in [2.75, 3.05) is 0 Å². The van der Waals surface area contributed by atoms with Gasteiger partial charge in [0.1, 0.15) is 0 Å². The zero-order chi connectivity index (χ0) is 13.2. The van der Waals surface area contributed by atoms with E-state index in [1.54, 1.807) is 0 Å². The van der Waals surface area contributed by atoms with E-state index in [0.717, 1.165) is 5.69 Å². The summed E-state index contributed by atoms with van der Waals surface area (Å²) < 4.78 is 0. The molecule has 0 unspecified atom stereocenters. The number of hydrogen-bond donors (Lipinski definition) is 0. The van der Waals surface area contributed by atoms with Crippen LogP contribution >= 0.6 is 0 Å². The Balaban J connectivity index is 2.31.